The van der Waals surface area contributed by atoms with Crippen LogP contribution < -0.4 is 0 Å². The summed E-state index contributed by atoms with van der Waals surface area (Å²) in [4.78, 5) is 18.6. The van der Waals surface area contributed by atoms with E-state index in [4.69, 9.17) is 0 Å². The summed E-state index contributed by atoms with van der Waals surface area (Å²) in [5, 5.41) is 29.6. The highest BCUT2D eigenvalue weighted by molar-refractivity contribution is 5.95. The van der Waals surface area contributed by atoms with Crippen molar-refractivity contribution in [3.63, 3.8) is 0 Å². The highest BCUT2D eigenvalue weighted by atomic mass is 16.4. The highest BCUT2D eigenvalue weighted by Gasteiger charge is 2.49. The lowest BCUT2D eigenvalue weighted by molar-refractivity contribution is -0.150. The minimum atomic E-state index is -1.51. The molecule has 1 unspecified atom stereocenters. The Bertz CT molecular complexity index is 583. The van der Waals surface area contributed by atoms with Crippen LogP contribution in [0.15, 0.2) is 23.4 Å². The predicted molar refractivity (Wildman–Crippen MR) is 77.5 cm³/mol. The summed E-state index contributed by atoms with van der Waals surface area (Å²) >= 11 is 0. The van der Waals surface area contributed by atoms with Crippen LogP contribution in [0, 0.1) is 0 Å². The van der Waals surface area contributed by atoms with Gasteiger partial charge < -0.3 is 25.1 Å². The number of hydrogen-bond acceptors (Lipinski definition) is 6. The third-order valence-electron chi connectivity index (χ3n) is 5.15. The molecular formula is C15H21N3O4. The van der Waals surface area contributed by atoms with Crippen LogP contribution in [-0.2, 0) is 4.79 Å². The van der Waals surface area contributed by atoms with Gasteiger partial charge in [-0.25, -0.2) is 0 Å². The molecule has 4 aliphatic rings. The molecule has 7 heteroatoms. The Morgan fingerprint density at radius 3 is 2.64 bits per heavy atom. The van der Waals surface area contributed by atoms with Crippen molar-refractivity contribution in [1.82, 2.24) is 14.7 Å². The van der Waals surface area contributed by atoms with Crippen molar-refractivity contribution in [2.24, 2.45) is 0 Å². The van der Waals surface area contributed by atoms with Crippen LogP contribution in [0.3, 0.4) is 0 Å². The number of carbonyl (C=O) groups is 1. The summed E-state index contributed by atoms with van der Waals surface area (Å²) in [5.41, 5.74) is 0.0889. The van der Waals surface area contributed by atoms with Gasteiger partial charge in [0.05, 0.1) is 6.54 Å². The van der Waals surface area contributed by atoms with Crippen LogP contribution in [0.1, 0.15) is 26.2 Å². The second-order valence-corrected chi connectivity index (χ2v) is 6.64. The number of amides is 1. The fourth-order valence-corrected chi connectivity index (χ4v) is 3.82. The molecule has 0 aromatic heterocycles. The standard InChI is InChI=1S/C15H21N3O4/c1-8-4-5-17(9-2-3-9)11-7-16-6-10(19)13(20)14(21)12(16)15(22)18(8)11/h6,8-9,11,13,19-21H,2-5,7H2,1H3/t8-,11-,13?/m0/s1. The van der Waals surface area contributed by atoms with Gasteiger partial charge in [-0.15, -0.1) is 0 Å². The number of rotatable bonds is 1. The topological polar surface area (TPSA) is 87.5 Å². The molecule has 3 fully saturated rings. The Balaban J connectivity index is 1.73. The van der Waals surface area contributed by atoms with Crippen LogP contribution in [0.4, 0.5) is 0 Å². The zero-order valence-corrected chi connectivity index (χ0v) is 12.5. The Morgan fingerprint density at radius 1 is 1.23 bits per heavy atom. The van der Waals surface area contributed by atoms with E-state index in [9.17, 15) is 20.1 Å². The lowest BCUT2D eigenvalue weighted by atomic mass is 10.00. The first-order valence-electron chi connectivity index (χ1n) is 7.86. The van der Waals surface area contributed by atoms with E-state index < -0.39 is 11.9 Å². The third kappa shape index (κ3) is 1.85. The molecule has 1 amide bonds. The molecule has 0 aromatic rings. The molecule has 1 aliphatic carbocycles. The zero-order chi connectivity index (χ0) is 15.6. The summed E-state index contributed by atoms with van der Waals surface area (Å²) in [6.07, 6.45) is 3.06. The first-order chi connectivity index (χ1) is 10.5. The van der Waals surface area contributed by atoms with E-state index in [0.717, 1.165) is 13.0 Å². The van der Waals surface area contributed by atoms with Crippen molar-refractivity contribution in [3.8, 4) is 0 Å². The molecule has 0 bridgehead atoms. The molecule has 120 valence electrons. The Morgan fingerprint density at radius 2 is 1.95 bits per heavy atom. The monoisotopic (exact) mass is 307 g/mol. The molecule has 3 atom stereocenters. The van der Waals surface area contributed by atoms with Crippen LogP contribution in [0.2, 0.25) is 0 Å². The molecule has 3 N–H and O–H groups in total. The maximum Gasteiger partial charge on any atom is 0.275 e. The number of piperazine rings is 1. The Labute approximate surface area is 128 Å². The molecule has 0 radical (unpaired) electrons. The van der Waals surface area contributed by atoms with Crippen LogP contribution in [0.25, 0.3) is 0 Å². The Kier molecular flexibility index (Phi) is 2.93. The van der Waals surface area contributed by atoms with Crippen molar-refractivity contribution in [2.45, 2.75) is 50.5 Å². The molecule has 3 aliphatic heterocycles. The lowest BCUT2D eigenvalue weighted by Crippen LogP contribution is -2.67. The fourth-order valence-electron chi connectivity index (χ4n) is 3.82. The van der Waals surface area contributed by atoms with Crippen molar-refractivity contribution in [1.29, 1.82) is 0 Å². The number of nitrogens with zero attached hydrogens (tertiary/aromatic N) is 3. The molecule has 1 saturated carbocycles. The summed E-state index contributed by atoms with van der Waals surface area (Å²) in [7, 11) is 0. The van der Waals surface area contributed by atoms with Crippen molar-refractivity contribution >= 4 is 5.91 Å². The summed E-state index contributed by atoms with van der Waals surface area (Å²) < 4.78 is 0. The van der Waals surface area contributed by atoms with Gasteiger partial charge >= 0.3 is 0 Å². The molecule has 7 nitrogen and oxygen atoms in total. The normalized spacial score (nSPS) is 36.2. The largest absolute Gasteiger partial charge is 0.508 e. The SMILES string of the molecule is C[C@H]1CCN(C2CC2)[C@@H]2CN3C=C(O)C(O)C(O)=C3C(=O)N12. The molecule has 3 heterocycles. The number of aliphatic hydroxyl groups excluding tert-OH is 3. The molecule has 4 rings (SSSR count). The van der Waals surface area contributed by atoms with Gasteiger partial charge in [0.25, 0.3) is 5.91 Å². The number of hydrogen-bond donors (Lipinski definition) is 3. The van der Waals surface area contributed by atoms with Crippen molar-refractivity contribution in [2.75, 3.05) is 13.1 Å². The highest BCUT2D eigenvalue weighted by Crippen LogP contribution is 2.38. The van der Waals surface area contributed by atoms with Crippen LogP contribution in [0.5, 0.6) is 0 Å². The van der Waals surface area contributed by atoms with E-state index >= 15 is 0 Å². The Hall–Kier alpha value is -1.73. The van der Waals surface area contributed by atoms with Crippen molar-refractivity contribution in [3.05, 3.63) is 23.4 Å². The number of carbonyl (C=O) groups excluding carboxylic acids is 1. The second-order valence-electron chi connectivity index (χ2n) is 6.64. The van der Waals surface area contributed by atoms with E-state index in [2.05, 4.69) is 4.90 Å². The number of aliphatic hydroxyl groups is 3. The lowest BCUT2D eigenvalue weighted by Gasteiger charge is -2.53. The molecular weight excluding hydrogens is 286 g/mol. The minimum absolute atomic E-state index is 0.0420. The molecule has 0 aromatic carbocycles. The minimum Gasteiger partial charge on any atom is -0.508 e. The van der Waals surface area contributed by atoms with Crippen LogP contribution >= 0.6 is 0 Å². The first kappa shape index (κ1) is 13.9. The van der Waals surface area contributed by atoms with E-state index in [1.165, 1.54) is 19.0 Å². The third-order valence-corrected chi connectivity index (χ3v) is 5.15. The van der Waals surface area contributed by atoms with E-state index in [1.807, 2.05) is 11.8 Å². The second kappa shape index (κ2) is 4.63. The van der Waals surface area contributed by atoms with Gasteiger partial charge in [0.2, 0.25) is 0 Å². The first-order valence-corrected chi connectivity index (χ1v) is 7.86. The average molecular weight is 307 g/mol. The summed E-state index contributed by atoms with van der Waals surface area (Å²) in [5.74, 6) is -1.06. The van der Waals surface area contributed by atoms with Crippen LogP contribution in [-0.4, -0.2) is 73.4 Å². The maximum absolute atomic E-state index is 12.9. The smallest absolute Gasteiger partial charge is 0.275 e. The quantitative estimate of drug-likeness (QED) is 0.644. The average Bonchev–Trinajstić information content (AvgIpc) is 3.29. The van der Waals surface area contributed by atoms with Gasteiger partial charge in [0.1, 0.15) is 17.6 Å². The van der Waals surface area contributed by atoms with E-state index in [1.54, 1.807) is 4.90 Å². The van der Waals surface area contributed by atoms with E-state index in [0.29, 0.717) is 12.6 Å². The molecule has 0 spiro atoms. The maximum atomic E-state index is 12.9. The van der Waals surface area contributed by atoms with Gasteiger partial charge in [0.15, 0.2) is 11.9 Å². The van der Waals surface area contributed by atoms with Crippen molar-refractivity contribution < 1.29 is 20.1 Å². The van der Waals surface area contributed by atoms with Gasteiger partial charge in [-0.2, -0.15) is 0 Å². The molecule has 22 heavy (non-hydrogen) atoms. The number of fused-ring (bicyclic) bond motifs is 2. The van der Waals surface area contributed by atoms with E-state index in [-0.39, 0.29) is 29.6 Å². The van der Waals surface area contributed by atoms with Gasteiger partial charge in [-0.05, 0) is 26.2 Å². The van der Waals surface area contributed by atoms with Gasteiger partial charge in [-0.1, -0.05) is 0 Å². The zero-order valence-electron chi connectivity index (χ0n) is 12.5. The molecule has 2 saturated heterocycles. The summed E-state index contributed by atoms with van der Waals surface area (Å²) in [6, 6.07) is 0.645. The van der Waals surface area contributed by atoms with Gasteiger partial charge in [-0.3, -0.25) is 9.69 Å². The predicted octanol–water partition coefficient (Wildman–Crippen LogP) is 0.257. The van der Waals surface area contributed by atoms with Gasteiger partial charge in [0, 0.05) is 24.8 Å². The summed E-state index contributed by atoms with van der Waals surface area (Å²) in [6.45, 7) is 3.50. The fraction of sp³-hybridized carbons (Fsp3) is 0.667.